The molecule has 0 aromatic heterocycles. The zero-order valence-corrected chi connectivity index (χ0v) is 16.0. The number of nitrogens with one attached hydrogen (secondary N) is 2. The molecule has 0 atom stereocenters. The number of hydrogen-bond acceptors (Lipinski definition) is 5. The van der Waals surface area contributed by atoms with Crippen LogP contribution in [0, 0.1) is 0 Å². The Labute approximate surface area is 150 Å². The molecule has 0 aliphatic carbocycles. The third-order valence-electron chi connectivity index (χ3n) is 3.54. The number of aliphatic imine (C=N–C) groups is 1. The van der Waals surface area contributed by atoms with E-state index in [-0.39, 0.29) is 0 Å². The Bertz CT molecular complexity index is 510. The van der Waals surface area contributed by atoms with Crippen molar-refractivity contribution in [3.8, 4) is 17.2 Å². The van der Waals surface area contributed by atoms with Crippen LogP contribution >= 0.6 is 0 Å². The third kappa shape index (κ3) is 7.09. The average Bonchev–Trinajstić information content (AvgIpc) is 2.64. The van der Waals surface area contributed by atoms with E-state index >= 15 is 0 Å². The molecule has 0 aliphatic rings. The van der Waals surface area contributed by atoms with E-state index in [0.717, 1.165) is 36.0 Å². The summed E-state index contributed by atoms with van der Waals surface area (Å²) in [5.41, 5.74) is 0.989. The second-order valence-corrected chi connectivity index (χ2v) is 5.14. The van der Waals surface area contributed by atoms with Gasteiger partial charge < -0.3 is 29.6 Å². The lowest BCUT2D eigenvalue weighted by Crippen LogP contribution is -2.38. The molecule has 0 spiro atoms. The molecule has 0 fully saturated rings. The van der Waals surface area contributed by atoms with Crippen LogP contribution in [-0.2, 0) is 11.2 Å². The van der Waals surface area contributed by atoms with Crippen LogP contribution in [-0.4, -0.2) is 60.1 Å². The minimum absolute atomic E-state index is 0.618. The van der Waals surface area contributed by atoms with E-state index < -0.39 is 0 Å². The summed E-state index contributed by atoms with van der Waals surface area (Å²) in [5, 5.41) is 6.54. The average molecular weight is 353 g/mol. The SMILES string of the molecule is CCNC(=NCCOCC)NCCc1c(OC)cc(OC)cc1OC. The predicted octanol–water partition coefficient (Wildman–Crippen LogP) is 1.85. The molecular weight excluding hydrogens is 322 g/mol. The Kier molecular flexibility index (Phi) is 10.2. The lowest BCUT2D eigenvalue weighted by atomic mass is 10.1. The molecule has 0 amide bonds. The van der Waals surface area contributed by atoms with Gasteiger partial charge in [-0.25, -0.2) is 0 Å². The molecule has 0 saturated heterocycles. The fraction of sp³-hybridized carbons (Fsp3) is 0.611. The smallest absolute Gasteiger partial charge is 0.191 e. The first-order chi connectivity index (χ1) is 12.2. The first-order valence-electron chi connectivity index (χ1n) is 8.58. The molecule has 0 heterocycles. The van der Waals surface area contributed by atoms with Crippen molar-refractivity contribution in [3.05, 3.63) is 17.7 Å². The Hall–Kier alpha value is -2.15. The van der Waals surface area contributed by atoms with Crippen LogP contribution in [0.2, 0.25) is 0 Å². The topological polar surface area (TPSA) is 73.3 Å². The van der Waals surface area contributed by atoms with E-state index in [1.807, 2.05) is 26.0 Å². The standard InChI is InChI=1S/C18H31N3O4/c1-6-19-18(21-10-11-25-7-2)20-9-8-15-16(23-4)12-14(22-3)13-17(15)24-5/h12-13H,6-11H2,1-5H3,(H2,19,20,21). The number of ether oxygens (including phenoxy) is 4. The highest BCUT2D eigenvalue weighted by Gasteiger charge is 2.13. The first kappa shape index (κ1) is 20.9. The van der Waals surface area contributed by atoms with Crippen LogP contribution in [0.25, 0.3) is 0 Å². The summed E-state index contributed by atoms with van der Waals surface area (Å²) in [5.74, 6) is 2.97. The molecule has 1 rings (SSSR count). The molecule has 7 nitrogen and oxygen atoms in total. The normalized spacial score (nSPS) is 11.2. The second kappa shape index (κ2) is 12.2. The van der Waals surface area contributed by atoms with Gasteiger partial charge in [0.2, 0.25) is 0 Å². The molecule has 0 unspecified atom stereocenters. The van der Waals surface area contributed by atoms with Crippen LogP contribution in [0.4, 0.5) is 0 Å². The summed E-state index contributed by atoms with van der Waals surface area (Å²) >= 11 is 0. The van der Waals surface area contributed by atoms with E-state index in [4.69, 9.17) is 18.9 Å². The van der Waals surface area contributed by atoms with Crippen LogP contribution in [0.5, 0.6) is 17.2 Å². The summed E-state index contributed by atoms with van der Waals surface area (Å²) in [6.07, 6.45) is 0.728. The van der Waals surface area contributed by atoms with E-state index in [0.29, 0.717) is 32.1 Å². The molecule has 142 valence electrons. The maximum atomic E-state index is 5.48. The summed E-state index contributed by atoms with van der Waals surface area (Å²) < 4.78 is 21.5. The summed E-state index contributed by atoms with van der Waals surface area (Å²) in [4.78, 5) is 4.48. The van der Waals surface area contributed by atoms with Crippen molar-refractivity contribution in [2.45, 2.75) is 20.3 Å². The molecule has 0 saturated carbocycles. The predicted molar refractivity (Wildman–Crippen MR) is 100 cm³/mol. The molecule has 0 bridgehead atoms. The molecule has 7 heteroatoms. The van der Waals surface area contributed by atoms with Crippen molar-refractivity contribution < 1.29 is 18.9 Å². The van der Waals surface area contributed by atoms with Crippen LogP contribution < -0.4 is 24.8 Å². The van der Waals surface area contributed by atoms with Crippen molar-refractivity contribution in [1.82, 2.24) is 10.6 Å². The number of guanidine groups is 1. The molecule has 25 heavy (non-hydrogen) atoms. The van der Waals surface area contributed by atoms with Crippen LogP contribution in [0.15, 0.2) is 17.1 Å². The van der Waals surface area contributed by atoms with Gasteiger partial charge in [-0.15, -0.1) is 0 Å². The third-order valence-corrected chi connectivity index (χ3v) is 3.54. The molecule has 1 aromatic carbocycles. The molecule has 2 N–H and O–H groups in total. The van der Waals surface area contributed by atoms with Gasteiger partial charge in [-0.1, -0.05) is 0 Å². The number of rotatable bonds is 11. The minimum Gasteiger partial charge on any atom is -0.496 e. The molecule has 0 aliphatic heterocycles. The van der Waals surface area contributed by atoms with Crippen LogP contribution in [0.1, 0.15) is 19.4 Å². The largest absolute Gasteiger partial charge is 0.496 e. The van der Waals surface area contributed by atoms with Gasteiger partial charge in [0.15, 0.2) is 5.96 Å². The number of methoxy groups -OCH3 is 3. The maximum absolute atomic E-state index is 5.48. The van der Waals surface area contributed by atoms with E-state index in [9.17, 15) is 0 Å². The minimum atomic E-state index is 0.618. The van der Waals surface area contributed by atoms with Gasteiger partial charge >= 0.3 is 0 Å². The Morgan fingerprint density at radius 2 is 1.68 bits per heavy atom. The van der Waals surface area contributed by atoms with Crippen molar-refractivity contribution >= 4 is 5.96 Å². The Balaban J connectivity index is 2.71. The van der Waals surface area contributed by atoms with Crippen molar-refractivity contribution in [2.75, 3.05) is 54.2 Å². The van der Waals surface area contributed by atoms with Gasteiger partial charge in [-0.2, -0.15) is 0 Å². The zero-order valence-electron chi connectivity index (χ0n) is 16.0. The lowest BCUT2D eigenvalue weighted by Gasteiger charge is -2.16. The van der Waals surface area contributed by atoms with E-state index in [1.165, 1.54) is 0 Å². The molecular formula is C18H31N3O4. The Morgan fingerprint density at radius 1 is 1.00 bits per heavy atom. The summed E-state index contributed by atoms with van der Waals surface area (Å²) in [6.45, 7) is 7.45. The number of benzene rings is 1. The summed E-state index contributed by atoms with van der Waals surface area (Å²) in [6, 6.07) is 3.72. The molecule has 1 aromatic rings. The van der Waals surface area contributed by atoms with Gasteiger partial charge in [0, 0.05) is 37.4 Å². The highest BCUT2D eigenvalue weighted by atomic mass is 16.5. The van der Waals surface area contributed by atoms with Gasteiger partial charge in [0.25, 0.3) is 0 Å². The number of hydrogen-bond donors (Lipinski definition) is 2. The van der Waals surface area contributed by atoms with Crippen molar-refractivity contribution in [3.63, 3.8) is 0 Å². The van der Waals surface area contributed by atoms with Gasteiger partial charge in [-0.3, -0.25) is 4.99 Å². The quantitative estimate of drug-likeness (QED) is 0.359. The maximum Gasteiger partial charge on any atom is 0.191 e. The summed E-state index contributed by atoms with van der Waals surface area (Å²) in [7, 11) is 4.91. The monoisotopic (exact) mass is 353 g/mol. The van der Waals surface area contributed by atoms with E-state index in [1.54, 1.807) is 21.3 Å². The van der Waals surface area contributed by atoms with Gasteiger partial charge in [-0.05, 0) is 20.3 Å². The van der Waals surface area contributed by atoms with Crippen molar-refractivity contribution in [1.29, 1.82) is 0 Å². The zero-order chi connectivity index (χ0) is 18.5. The molecule has 0 radical (unpaired) electrons. The highest BCUT2D eigenvalue weighted by molar-refractivity contribution is 5.79. The first-order valence-corrected chi connectivity index (χ1v) is 8.58. The fourth-order valence-corrected chi connectivity index (χ4v) is 2.34. The van der Waals surface area contributed by atoms with Gasteiger partial charge in [0.05, 0.1) is 34.5 Å². The van der Waals surface area contributed by atoms with Gasteiger partial charge in [0.1, 0.15) is 17.2 Å². The fourth-order valence-electron chi connectivity index (χ4n) is 2.34. The van der Waals surface area contributed by atoms with Crippen LogP contribution in [0.3, 0.4) is 0 Å². The second-order valence-electron chi connectivity index (χ2n) is 5.14. The lowest BCUT2D eigenvalue weighted by molar-refractivity contribution is 0.155. The van der Waals surface area contributed by atoms with E-state index in [2.05, 4.69) is 15.6 Å². The number of nitrogens with zero attached hydrogens (tertiary/aromatic N) is 1. The Morgan fingerprint density at radius 3 is 2.20 bits per heavy atom. The van der Waals surface area contributed by atoms with Crippen molar-refractivity contribution in [2.24, 2.45) is 4.99 Å². The highest BCUT2D eigenvalue weighted by Crippen LogP contribution is 2.34.